The summed E-state index contributed by atoms with van der Waals surface area (Å²) in [6, 6.07) is 15.0. The second-order valence-corrected chi connectivity index (χ2v) is 8.14. The number of carbonyl (C=O) groups excluding carboxylic acids is 2. The van der Waals surface area contributed by atoms with Crippen molar-refractivity contribution in [2.24, 2.45) is 0 Å². The summed E-state index contributed by atoms with van der Waals surface area (Å²) in [5, 5.41) is 6.13. The van der Waals surface area contributed by atoms with Crippen LogP contribution in [0.15, 0.2) is 54.7 Å². The Balaban J connectivity index is 1.35. The summed E-state index contributed by atoms with van der Waals surface area (Å²) in [6.07, 6.45) is 1.92. The van der Waals surface area contributed by atoms with Crippen molar-refractivity contribution in [2.75, 3.05) is 43.9 Å². The van der Waals surface area contributed by atoms with Crippen LogP contribution < -0.4 is 10.6 Å². The molecule has 2 aromatic carbocycles. The predicted molar refractivity (Wildman–Crippen MR) is 123 cm³/mol. The van der Waals surface area contributed by atoms with E-state index < -0.39 is 0 Å². The molecule has 2 amide bonds. The first-order valence-electron chi connectivity index (χ1n) is 10.7. The minimum absolute atomic E-state index is 0.0553. The zero-order valence-corrected chi connectivity index (χ0v) is 17.8. The Morgan fingerprint density at radius 2 is 1.78 bits per heavy atom. The molecule has 1 saturated heterocycles. The number of benzene rings is 2. The number of rotatable bonds is 3. The maximum absolute atomic E-state index is 12.7. The Labute approximate surface area is 186 Å². The van der Waals surface area contributed by atoms with E-state index in [-0.39, 0.29) is 18.2 Å². The molecular weight excluding hydrogens is 404 g/mol. The van der Waals surface area contributed by atoms with Crippen LogP contribution in [-0.4, -0.2) is 64.8 Å². The van der Waals surface area contributed by atoms with Crippen LogP contribution in [0.4, 0.5) is 17.3 Å². The fourth-order valence-corrected chi connectivity index (χ4v) is 4.01. The first kappa shape index (κ1) is 20.1. The highest BCUT2D eigenvalue weighted by Gasteiger charge is 2.22. The molecular formula is C24H24N6O2. The van der Waals surface area contributed by atoms with E-state index in [2.05, 4.69) is 32.5 Å². The number of piperazine rings is 1. The van der Waals surface area contributed by atoms with Crippen LogP contribution in [0.2, 0.25) is 0 Å². The molecule has 2 N–H and O–H groups in total. The molecule has 0 spiro atoms. The van der Waals surface area contributed by atoms with Crippen LogP contribution in [0.5, 0.6) is 0 Å². The third-order valence-electron chi connectivity index (χ3n) is 5.85. The number of nitrogens with zero attached hydrogens (tertiary/aromatic N) is 4. The van der Waals surface area contributed by atoms with E-state index in [1.807, 2.05) is 53.4 Å². The van der Waals surface area contributed by atoms with E-state index in [9.17, 15) is 9.59 Å². The molecule has 8 nitrogen and oxygen atoms in total. The third-order valence-corrected chi connectivity index (χ3v) is 5.85. The smallest absolute Gasteiger partial charge is 0.253 e. The fraction of sp³-hybridized carbons (Fsp3) is 0.250. The SMILES string of the molecule is CN1CCN(C(=O)c2ccc(Nc3ncc4c(n3)-c3ccccc3NC(=O)C4)cc2)CC1. The van der Waals surface area contributed by atoms with Crippen LogP contribution in [0.3, 0.4) is 0 Å². The summed E-state index contributed by atoms with van der Waals surface area (Å²) < 4.78 is 0. The molecule has 162 valence electrons. The topological polar surface area (TPSA) is 90.5 Å². The molecule has 32 heavy (non-hydrogen) atoms. The lowest BCUT2D eigenvalue weighted by molar-refractivity contribution is -0.115. The van der Waals surface area contributed by atoms with Crippen LogP contribution in [0, 0.1) is 0 Å². The lowest BCUT2D eigenvalue weighted by atomic mass is 10.1. The van der Waals surface area contributed by atoms with E-state index in [1.54, 1.807) is 6.20 Å². The molecule has 0 atom stereocenters. The van der Waals surface area contributed by atoms with E-state index in [4.69, 9.17) is 0 Å². The fourth-order valence-electron chi connectivity index (χ4n) is 4.01. The first-order chi connectivity index (χ1) is 15.6. The minimum atomic E-state index is -0.0823. The first-order valence-corrected chi connectivity index (χ1v) is 10.7. The van der Waals surface area contributed by atoms with Crippen LogP contribution >= 0.6 is 0 Å². The molecule has 2 aliphatic rings. The van der Waals surface area contributed by atoms with Crippen molar-refractivity contribution in [1.82, 2.24) is 19.8 Å². The number of nitrogens with one attached hydrogen (secondary N) is 2. The summed E-state index contributed by atoms with van der Waals surface area (Å²) in [5.41, 5.74) is 4.58. The maximum atomic E-state index is 12.7. The van der Waals surface area contributed by atoms with Gasteiger partial charge in [0.2, 0.25) is 11.9 Å². The number of carbonyl (C=O) groups is 2. The van der Waals surface area contributed by atoms with Gasteiger partial charge in [-0.2, -0.15) is 0 Å². The summed E-state index contributed by atoms with van der Waals surface area (Å²) in [4.78, 5) is 38.1. The van der Waals surface area contributed by atoms with Gasteiger partial charge in [-0.1, -0.05) is 18.2 Å². The standard InChI is InChI=1S/C24H24N6O2/c1-29-10-12-30(13-11-29)23(32)16-6-8-18(9-7-16)26-24-25-15-17-14-21(31)27-20-5-3-2-4-19(20)22(17)28-24/h2-9,15H,10-14H2,1H3,(H,27,31)(H,25,26,28). The Hall–Kier alpha value is -3.78. The Morgan fingerprint density at radius 1 is 1.03 bits per heavy atom. The molecule has 0 aliphatic carbocycles. The van der Waals surface area contributed by atoms with Gasteiger partial charge in [0, 0.05) is 54.8 Å². The van der Waals surface area contributed by atoms with E-state index in [0.29, 0.717) is 11.5 Å². The normalized spacial score (nSPS) is 15.9. The molecule has 1 aromatic heterocycles. The molecule has 3 heterocycles. The van der Waals surface area contributed by atoms with Gasteiger partial charge in [-0.3, -0.25) is 9.59 Å². The Kier molecular flexibility index (Phi) is 5.28. The van der Waals surface area contributed by atoms with Crippen molar-refractivity contribution in [2.45, 2.75) is 6.42 Å². The van der Waals surface area contributed by atoms with Crippen LogP contribution in [0.25, 0.3) is 11.3 Å². The summed E-state index contributed by atoms with van der Waals surface area (Å²) in [5.74, 6) is 0.409. The molecule has 5 rings (SSSR count). The van der Waals surface area contributed by atoms with Crippen molar-refractivity contribution < 1.29 is 9.59 Å². The van der Waals surface area contributed by atoms with E-state index in [0.717, 1.165) is 54.4 Å². The molecule has 1 fully saturated rings. The number of fused-ring (bicyclic) bond motifs is 3. The lowest BCUT2D eigenvalue weighted by Crippen LogP contribution is -2.47. The molecule has 2 aliphatic heterocycles. The number of hydrogen-bond donors (Lipinski definition) is 2. The second-order valence-electron chi connectivity index (χ2n) is 8.14. The number of anilines is 3. The molecule has 0 saturated carbocycles. The number of hydrogen-bond acceptors (Lipinski definition) is 6. The third kappa shape index (κ3) is 4.04. The van der Waals surface area contributed by atoms with Crippen molar-refractivity contribution in [1.29, 1.82) is 0 Å². The van der Waals surface area contributed by atoms with Gasteiger partial charge in [-0.15, -0.1) is 0 Å². The monoisotopic (exact) mass is 428 g/mol. The Bertz CT molecular complexity index is 1170. The number of para-hydroxylation sites is 1. The molecule has 0 radical (unpaired) electrons. The van der Waals surface area contributed by atoms with Crippen molar-refractivity contribution >= 4 is 29.1 Å². The van der Waals surface area contributed by atoms with Gasteiger partial charge < -0.3 is 20.4 Å². The highest BCUT2D eigenvalue weighted by Crippen LogP contribution is 2.32. The van der Waals surface area contributed by atoms with Gasteiger partial charge in [0.05, 0.1) is 17.8 Å². The predicted octanol–water partition coefficient (Wildman–Crippen LogP) is 2.77. The number of amides is 2. The van der Waals surface area contributed by atoms with Gasteiger partial charge >= 0.3 is 0 Å². The number of likely N-dealkylation sites (N-methyl/N-ethyl adjacent to an activating group) is 1. The zero-order valence-electron chi connectivity index (χ0n) is 17.8. The lowest BCUT2D eigenvalue weighted by Gasteiger charge is -2.32. The maximum Gasteiger partial charge on any atom is 0.253 e. The summed E-state index contributed by atoms with van der Waals surface area (Å²) in [7, 11) is 2.07. The van der Waals surface area contributed by atoms with Gasteiger partial charge in [0.25, 0.3) is 5.91 Å². The Morgan fingerprint density at radius 3 is 2.56 bits per heavy atom. The molecule has 3 aromatic rings. The second kappa shape index (κ2) is 8.39. The molecule has 8 heteroatoms. The van der Waals surface area contributed by atoms with Gasteiger partial charge in [-0.05, 0) is 37.4 Å². The molecule has 0 unspecified atom stereocenters. The highest BCUT2D eigenvalue weighted by atomic mass is 16.2. The van der Waals surface area contributed by atoms with Crippen molar-refractivity contribution in [3.8, 4) is 11.3 Å². The van der Waals surface area contributed by atoms with Gasteiger partial charge in [-0.25, -0.2) is 9.97 Å². The van der Waals surface area contributed by atoms with Crippen LogP contribution in [0.1, 0.15) is 15.9 Å². The largest absolute Gasteiger partial charge is 0.336 e. The van der Waals surface area contributed by atoms with Crippen LogP contribution in [-0.2, 0) is 11.2 Å². The van der Waals surface area contributed by atoms with E-state index in [1.165, 1.54) is 0 Å². The van der Waals surface area contributed by atoms with E-state index >= 15 is 0 Å². The minimum Gasteiger partial charge on any atom is -0.336 e. The average molecular weight is 428 g/mol. The number of aromatic nitrogens is 2. The molecule has 0 bridgehead atoms. The zero-order chi connectivity index (χ0) is 22.1. The summed E-state index contributed by atoms with van der Waals surface area (Å²) >= 11 is 0. The summed E-state index contributed by atoms with van der Waals surface area (Å²) in [6.45, 7) is 3.28. The quantitative estimate of drug-likeness (QED) is 0.667. The van der Waals surface area contributed by atoms with Gasteiger partial charge in [0.1, 0.15) is 0 Å². The average Bonchev–Trinajstić information content (AvgIpc) is 2.95. The van der Waals surface area contributed by atoms with Gasteiger partial charge in [0.15, 0.2) is 0 Å². The van der Waals surface area contributed by atoms with Crippen molar-refractivity contribution in [3.63, 3.8) is 0 Å². The van der Waals surface area contributed by atoms with Crippen molar-refractivity contribution in [3.05, 3.63) is 65.9 Å². The highest BCUT2D eigenvalue weighted by molar-refractivity contribution is 6.00.